The monoisotopic (exact) mass is 274 g/mol. The number of aromatic nitrogens is 2. The minimum absolute atomic E-state index is 0.664. The number of hydrogen-bond acceptors (Lipinski definition) is 3. The molecule has 1 aromatic heterocycles. The van der Waals surface area contributed by atoms with Crippen molar-refractivity contribution in [3.63, 3.8) is 0 Å². The van der Waals surface area contributed by atoms with Gasteiger partial charge in [-0.1, -0.05) is 18.2 Å². The zero-order chi connectivity index (χ0) is 14.5. The van der Waals surface area contributed by atoms with Crippen molar-refractivity contribution >= 4 is 5.69 Å². The normalized spacial score (nSPS) is 10.0. The van der Waals surface area contributed by atoms with Gasteiger partial charge in [-0.2, -0.15) is 10.4 Å². The quantitative estimate of drug-likeness (QED) is 0.793. The van der Waals surface area contributed by atoms with Gasteiger partial charge in [0, 0.05) is 24.0 Å². The standard InChI is InChI=1S/C17H14N4/c18-10-14-6-8-16(9-7-14)19-11-15-12-20-21(13-15)17-4-2-1-3-5-17/h1-9,12-13,19H,11H2. The van der Waals surface area contributed by atoms with Gasteiger partial charge in [-0.05, 0) is 36.4 Å². The molecule has 21 heavy (non-hydrogen) atoms. The van der Waals surface area contributed by atoms with Gasteiger partial charge in [-0.25, -0.2) is 4.68 Å². The van der Waals surface area contributed by atoms with Gasteiger partial charge < -0.3 is 5.32 Å². The second kappa shape index (κ2) is 5.93. The van der Waals surface area contributed by atoms with Crippen molar-refractivity contribution in [2.45, 2.75) is 6.54 Å². The number of anilines is 1. The molecule has 4 nitrogen and oxygen atoms in total. The van der Waals surface area contributed by atoms with Crippen LogP contribution in [0.15, 0.2) is 67.0 Å². The molecule has 102 valence electrons. The van der Waals surface area contributed by atoms with E-state index in [0.29, 0.717) is 12.1 Å². The third-order valence-corrected chi connectivity index (χ3v) is 3.17. The van der Waals surface area contributed by atoms with E-state index in [2.05, 4.69) is 16.5 Å². The molecule has 0 aliphatic carbocycles. The Labute approximate surface area is 123 Å². The Morgan fingerprint density at radius 1 is 1.05 bits per heavy atom. The van der Waals surface area contributed by atoms with Gasteiger partial charge in [-0.3, -0.25) is 0 Å². The topological polar surface area (TPSA) is 53.6 Å². The summed E-state index contributed by atoms with van der Waals surface area (Å²) in [6, 6.07) is 19.5. The predicted molar refractivity (Wildman–Crippen MR) is 82.0 cm³/mol. The molecule has 0 aliphatic rings. The lowest BCUT2D eigenvalue weighted by molar-refractivity contribution is 0.880. The number of nitrogens with one attached hydrogen (secondary N) is 1. The van der Waals surface area contributed by atoms with Crippen LogP contribution in [0.4, 0.5) is 5.69 Å². The van der Waals surface area contributed by atoms with Gasteiger partial charge in [-0.15, -0.1) is 0 Å². The van der Waals surface area contributed by atoms with Crippen molar-refractivity contribution in [3.8, 4) is 11.8 Å². The molecule has 0 fully saturated rings. The molecule has 2 aromatic carbocycles. The molecule has 0 unspecified atom stereocenters. The molecule has 3 rings (SSSR count). The van der Waals surface area contributed by atoms with Crippen molar-refractivity contribution in [1.29, 1.82) is 5.26 Å². The minimum atomic E-state index is 0.664. The Bertz CT molecular complexity index is 751. The smallest absolute Gasteiger partial charge is 0.0991 e. The Hall–Kier alpha value is -3.06. The van der Waals surface area contributed by atoms with Crippen LogP contribution in [0.3, 0.4) is 0 Å². The molecule has 3 aromatic rings. The summed E-state index contributed by atoms with van der Waals surface area (Å²) >= 11 is 0. The van der Waals surface area contributed by atoms with Gasteiger partial charge >= 0.3 is 0 Å². The molecule has 0 radical (unpaired) electrons. The zero-order valence-corrected chi connectivity index (χ0v) is 11.4. The lowest BCUT2D eigenvalue weighted by Gasteiger charge is -2.04. The lowest BCUT2D eigenvalue weighted by atomic mass is 10.2. The summed E-state index contributed by atoms with van der Waals surface area (Å²) in [6.07, 6.45) is 3.86. The maximum absolute atomic E-state index is 8.77. The van der Waals surface area contributed by atoms with Crippen LogP contribution in [-0.4, -0.2) is 9.78 Å². The molecule has 0 saturated heterocycles. The van der Waals surface area contributed by atoms with Crippen LogP contribution in [0, 0.1) is 11.3 Å². The lowest BCUT2D eigenvalue weighted by Crippen LogP contribution is -1.98. The molecular weight excluding hydrogens is 260 g/mol. The SMILES string of the molecule is N#Cc1ccc(NCc2cnn(-c3ccccc3)c2)cc1. The Balaban J connectivity index is 1.66. The van der Waals surface area contributed by atoms with Gasteiger partial charge in [0.05, 0.1) is 23.5 Å². The third-order valence-electron chi connectivity index (χ3n) is 3.17. The summed E-state index contributed by atoms with van der Waals surface area (Å²) in [5.74, 6) is 0. The zero-order valence-electron chi connectivity index (χ0n) is 11.4. The van der Waals surface area contributed by atoms with Gasteiger partial charge in [0.1, 0.15) is 0 Å². The first-order chi connectivity index (χ1) is 10.3. The highest BCUT2D eigenvalue weighted by atomic mass is 15.3. The van der Waals surface area contributed by atoms with E-state index in [9.17, 15) is 0 Å². The molecular formula is C17H14N4. The van der Waals surface area contributed by atoms with E-state index in [1.165, 1.54) is 0 Å². The van der Waals surface area contributed by atoms with E-state index in [0.717, 1.165) is 16.9 Å². The van der Waals surface area contributed by atoms with Crippen molar-refractivity contribution < 1.29 is 0 Å². The maximum Gasteiger partial charge on any atom is 0.0991 e. The molecule has 0 amide bonds. The summed E-state index contributed by atoms with van der Waals surface area (Å²) in [5.41, 5.74) is 3.80. The molecule has 0 saturated carbocycles. The van der Waals surface area contributed by atoms with E-state index < -0.39 is 0 Å². The average Bonchev–Trinajstić information content (AvgIpc) is 3.03. The molecule has 0 bridgehead atoms. The number of para-hydroxylation sites is 1. The van der Waals surface area contributed by atoms with Crippen LogP contribution in [0.5, 0.6) is 0 Å². The third kappa shape index (κ3) is 3.10. The summed E-state index contributed by atoms with van der Waals surface area (Å²) in [7, 11) is 0. The van der Waals surface area contributed by atoms with Crippen LogP contribution in [0.25, 0.3) is 5.69 Å². The van der Waals surface area contributed by atoms with Crippen LogP contribution in [0.2, 0.25) is 0 Å². The average molecular weight is 274 g/mol. The first kappa shape index (κ1) is 12.9. The summed E-state index contributed by atoms with van der Waals surface area (Å²) < 4.78 is 1.86. The van der Waals surface area contributed by atoms with Gasteiger partial charge in [0.15, 0.2) is 0 Å². The Kier molecular flexibility index (Phi) is 3.66. The maximum atomic E-state index is 8.77. The fourth-order valence-corrected chi connectivity index (χ4v) is 2.04. The molecule has 1 heterocycles. The number of nitriles is 1. The van der Waals surface area contributed by atoms with Crippen molar-refractivity contribution in [2.75, 3.05) is 5.32 Å². The van der Waals surface area contributed by atoms with E-state index >= 15 is 0 Å². The summed E-state index contributed by atoms with van der Waals surface area (Å²) in [5, 5.41) is 16.4. The van der Waals surface area contributed by atoms with Crippen LogP contribution in [-0.2, 0) is 6.54 Å². The molecule has 0 aliphatic heterocycles. The Morgan fingerprint density at radius 2 is 1.81 bits per heavy atom. The van der Waals surface area contributed by atoms with Crippen molar-refractivity contribution in [2.24, 2.45) is 0 Å². The van der Waals surface area contributed by atoms with E-state index in [1.807, 2.05) is 59.5 Å². The number of hydrogen-bond donors (Lipinski definition) is 1. The fraction of sp³-hybridized carbons (Fsp3) is 0.0588. The molecule has 1 N–H and O–H groups in total. The van der Waals surface area contributed by atoms with Crippen molar-refractivity contribution in [1.82, 2.24) is 9.78 Å². The van der Waals surface area contributed by atoms with E-state index in [-0.39, 0.29) is 0 Å². The van der Waals surface area contributed by atoms with Crippen LogP contribution >= 0.6 is 0 Å². The number of rotatable bonds is 4. The fourth-order valence-electron chi connectivity index (χ4n) is 2.04. The largest absolute Gasteiger partial charge is 0.381 e. The highest BCUT2D eigenvalue weighted by molar-refractivity contribution is 5.47. The second-order valence-electron chi connectivity index (χ2n) is 4.67. The Morgan fingerprint density at radius 3 is 2.52 bits per heavy atom. The van der Waals surface area contributed by atoms with E-state index in [1.54, 1.807) is 12.1 Å². The molecule has 4 heteroatoms. The minimum Gasteiger partial charge on any atom is -0.381 e. The molecule has 0 spiro atoms. The summed E-state index contributed by atoms with van der Waals surface area (Å²) in [6.45, 7) is 0.693. The van der Waals surface area contributed by atoms with E-state index in [4.69, 9.17) is 5.26 Å². The van der Waals surface area contributed by atoms with Gasteiger partial charge in [0.2, 0.25) is 0 Å². The first-order valence-corrected chi connectivity index (χ1v) is 6.68. The highest BCUT2D eigenvalue weighted by Gasteiger charge is 2.00. The van der Waals surface area contributed by atoms with Crippen LogP contribution in [0.1, 0.15) is 11.1 Å². The second-order valence-corrected chi connectivity index (χ2v) is 4.67. The first-order valence-electron chi connectivity index (χ1n) is 6.68. The number of benzene rings is 2. The van der Waals surface area contributed by atoms with Gasteiger partial charge in [0.25, 0.3) is 0 Å². The molecule has 0 atom stereocenters. The predicted octanol–water partition coefficient (Wildman–Crippen LogP) is 3.36. The van der Waals surface area contributed by atoms with Crippen molar-refractivity contribution in [3.05, 3.63) is 78.1 Å². The number of nitrogens with zero attached hydrogens (tertiary/aromatic N) is 3. The highest BCUT2D eigenvalue weighted by Crippen LogP contribution is 2.12. The van der Waals surface area contributed by atoms with Crippen LogP contribution < -0.4 is 5.32 Å². The summed E-state index contributed by atoms with van der Waals surface area (Å²) in [4.78, 5) is 0.